The lowest BCUT2D eigenvalue weighted by Gasteiger charge is -2.15. The van der Waals surface area contributed by atoms with Crippen LogP contribution in [-0.4, -0.2) is 40.3 Å². The molecule has 1 N–H and O–H groups in total. The molecule has 1 aliphatic carbocycles. The fourth-order valence-corrected chi connectivity index (χ4v) is 4.30. The lowest BCUT2D eigenvalue weighted by molar-refractivity contribution is -0.128. The number of ether oxygens (including phenoxy) is 1. The smallest absolute Gasteiger partial charge is 0.242 e. The predicted octanol–water partition coefficient (Wildman–Crippen LogP) is 4.10. The number of carbonyl (C=O) groups is 2. The minimum atomic E-state index is -0.866. The second-order valence-corrected chi connectivity index (χ2v) is 8.18. The van der Waals surface area contributed by atoms with E-state index in [2.05, 4.69) is 10.3 Å². The summed E-state index contributed by atoms with van der Waals surface area (Å²) in [5.74, 6) is -1.59. The molecule has 2 aromatic rings. The number of hydrogen-bond acceptors (Lipinski definition) is 5. The fourth-order valence-electron chi connectivity index (χ4n) is 3.09. The van der Waals surface area contributed by atoms with Gasteiger partial charge < -0.3 is 10.1 Å². The molecule has 9 heteroatoms. The summed E-state index contributed by atoms with van der Waals surface area (Å²) in [4.78, 5) is 31.5. The average Bonchev–Trinajstić information content (AvgIpc) is 3.50. The zero-order valence-electron chi connectivity index (χ0n) is 16.1. The van der Waals surface area contributed by atoms with Crippen LogP contribution in [0, 0.1) is 11.6 Å². The monoisotopic (exact) mass is 431 g/mol. The van der Waals surface area contributed by atoms with Crippen LogP contribution in [-0.2, 0) is 9.59 Å². The van der Waals surface area contributed by atoms with Gasteiger partial charge in [-0.05, 0) is 49.2 Å². The zero-order valence-corrected chi connectivity index (χ0v) is 16.9. The second kappa shape index (κ2) is 8.43. The minimum absolute atomic E-state index is 0.101. The first-order chi connectivity index (χ1) is 14.4. The maximum absolute atomic E-state index is 13.8. The van der Waals surface area contributed by atoms with Gasteiger partial charge in [0, 0.05) is 18.5 Å². The Balaban J connectivity index is 1.48. The molecule has 1 saturated heterocycles. The molecule has 1 aliphatic heterocycles. The molecule has 1 saturated carbocycles. The van der Waals surface area contributed by atoms with Gasteiger partial charge >= 0.3 is 0 Å². The third-order valence-corrected chi connectivity index (χ3v) is 5.90. The molecule has 0 aromatic heterocycles. The molecule has 1 heterocycles. The Morgan fingerprint density at radius 2 is 1.97 bits per heavy atom. The van der Waals surface area contributed by atoms with Crippen molar-refractivity contribution in [3.8, 4) is 5.75 Å². The highest BCUT2D eigenvalue weighted by Crippen LogP contribution is 2.39. The largest absolute Gasteiger partial charge is 0.497 e. The van der Waals surface area contributed by atoms with Crippen molar-refractivity contribution >= 4 is 40.1 Å². The number of anilines is 1. The van der Waals surface area contributed by atoms with Crippen LogP contribution in [0.15, 0.2) is 47.5 Å². The molecule has 30 heavy (non-hydrogen) atoms. The summed E-state index contributed by atoms with van der Waals surface area (Å²) in [6.07, 6.45) is 1.66. The highest BCUT2D eigenvalue weighted by molar-refractivity contribution is 8.15. The van der Waals surface area contributed by atoms with Gasteiger partial charge in [-0.2, -0.15) is 0 Å². The molecule has 0 spiro atoms. The third kappa shape index (κ3) is 4.46. The lowest BCUT2D eigenvalue weighted by Crippen LogP contribution is -2.35. The SMILES string of the molecule is COc1ccc(N=C2SC(CC(=O)Nc3ccc(F)cc3F)C(=O)N2C2CC2)cc1. The number of amidine groups is 1. The van der Waals surface area contributed by atoms with Crippen molar-refractivity contribution in [3.05, 3.63) is 54.1 Å². The second-order valence-electron chi connectivity index (χ2n) is 7.01. The van der Waals surface area contributed by atoms with Gasteiger partial charge in [0.25, 0.3) is 0 Å². The van der Waals surface area contributed by atoms with E-state index in [9.17, 15) is 18.4 Å². The summed E-state index contributed by atoms with van der Waals surface area (Å²) in [6, 6.07) is 10.2. The molecule has 2 amide bonds. The van der Waals surface area contributed by atoms with Gasteiger partial charge in [-0.25, -0.2) is 13.8 Å². The van der Waals surface area contributed by atoms with Crippen LogP contribution < -0.4 is 10.1 Å². The van der Waals surface area contributed by atoms with E-state index in [4.69, 9.17) is 4.74 Å². The van der Waals surface area contributed by atoms with E-state index in [1.54, 1.807) is 36.3 Å². The van der Waals surface area contributed by atoms with Crippen molar-refractivity contribution in [2.45, 2.75) is 30.6 Å². The number of carbonyl (C=O) groups excluding carboxylic acids is 2. The van der Waals surface area contributed by atoms with E-state index >= 15 is 0 Å². The lowest BCUT2D eigenvalue weighted by atomic mass is 10.2. The molecule has 1 atom stereocenters. The van der Waals surface area contributed by atoms with Gasteiger partial charge in [-0.3, -0.25) is 14.5 Å². The van der Waals surface area contributed by atoms with Crippen LogP contribution in [0.1, 0.15) is 19.3 Å². The number of hydrogen-bond donors (Lipinski definition) is 1. The van der Waals surface area contributed by atoms with E-state index in [1.807, 2.05) is 0 Å². The van der Waals surface area contributed by atoms with Crippen LogP contribution in [0.5, 0.6) is 5.75 Å². The summed E-state index contributed by atoms with van der Waals surface area (Å²) < 4.78 is 31.9. The Hall–Kier alpha value is -2.94. The van der Waals surface area contributed by atoms with Crippen LogP contribution in [0.4, 0.5) is 20.2 Å². The van der Waals surface area contributed by atoms with Crippen LogP contribution in [0.25, 0.3) is 0 Å². The molecule has 2 aliphatic rings. The van der Waals surface area contributed by atoms with Crippen molar-refractivity contribution in [1.82, 2.24) is 4.90 Å². The first-order valence-corrected chi connectivity index (χ1v) is 10.3. The van der Waals surface area contributed by atoms with Gasteiger partial charge in [-0.15, -0.1) is 0 Å². The molecule has 2 aromatic carbocycles. The summed E-state index contributed by atoms with van der Waals surface area (Å²) in [5, 5.41) is 2.31. The molecule has 1 unspecified atom stereocenters. The Labute approximate surface area is 176 Å². The van der Waals surface area contributed by atoms with Crippen molar-refractivity contribution in [3.63, 3.8) is 0 Å². The number of aliphatic imine (C=N–C) groups is 1. The van der Waals surface area contributed by atoms with Crippen molar-refractivity contribution in [2.75, 3.05) is 12.4 Å². The quantitative estimate of drug-likeness (QED) is 0.748. The molecule has 0 radical (unpaired) electrons. The molecule has 6 nitrogen and oxygen atoms in total. The van der Waals surface area contributed by atoms with Crippen molar-refractivity contribution in [2.24, 2.45) is 4.99 Å². The molecular weight excluding hydrogens is 412 g/mol. The Morgan fingerprint density at radius 1 is 1.23 bits per heavy atom. The molecule has 0 bridgehead atoms. The average molecular weight is 431 g/mol. The highest BCUT2D eigenvalue weighted by atomic mass is 32.2. The number of halogens is 2. The van der Waals surface area contributed by atoms with E-state index in [0.29, 0.717) is 22.7 Å². The molecule has 4 rings (SSSR count). The number of rotatable bonds is 6. The zero-order chi connectivity index (χ0) is 21.3. The first-order valence-electron chi connectivity index (χ1n) is 9.42. The molecular formula is C21H19F2N3O3S. The third-order valence-electron chi connectivity index (χ3n) is 4.75. The van der Waals surface area contributed by atoms with Gasteiger partial charge in [0.1, 0.15) is 22.6 Å². The van der Waals surface area contributed by atoms with E-state index in [0.717, 1.165) is 25.0 Å². The maximum atomic E-state index is 13.8. The van der Waals surface area contributed by atoms with E-state index in [-0.39, 0.29) is 24.1 Å². The Bertz CT molecular complexity index is 1010. The fraction of sp³-hybridized carbons (Fsp3) is 0.286. The van der Waals surface area contributed by atoms with Gasteiger partial charge in [0.05, 0.1) is 18.5 Å². The number of thioether (sulfide) groups is 1. The normalized spacial score (nSPS) is 20.0. The summed E-state index contributed by atoms with van der Waals surface area (Å²) in [6.45, 7) is 0. The number of amides is 2. The van der Waals surface area contributed by atoms with Gasteiger partial charge in [0.15, 0.2) is 5.17 Å². The minimum Gasteiger partial charge on any atom is -0.497 e. The number of nitrogens with one attached hydrogen (secondary N) is 1. The van der Waals surface area contributed by atoms with Crippen molar-refractivity contribution in [1.29, 1.82) is 0 Å². The Morgan fingerprint density at radius 3 is 2.60 bits per heavy atom. The molecule has 2 fully saturated rings. The topological polar surface area (TPSA) is 71.0 Å². The van der Waals surface area contributed by atoms with Crippen molar-refractivity contribution < 1.29 is 23.1 Å². The van der Waals surface area contributed by atoms with Crippen LogP contribution in [0.2, 0.25) is 0 Å². The number of methoxy groups -OCH3 is 1. The van der Waals surface area contributed by atoms with Crippen LogP contribution in [0.3, 0.4) is 0 Å². The maximum Gasteiger partial charge on any atom is 0.242 e. The first kappa shape index (κ1) is 20.3. The summed E-state index contributed by atoms with van der Waals surface area (Å²) in [7, 11) is 1.58. The standard InChI is InChI=1S/C21H19F2N3O3S/c1-29-15-7-3-13(4-8-15)24-21-26(14-5-6-14)20(28)18(30-21)11-19(27)25-17-9-2-12(22)10-16(17)23/h2-4,7-10,14,18H,5-6,11H2,1H3,(H,25,27). The summed E-state index contributed by atoms with van der Waals surface area (Å²) in [5.41, 5.74) is 0.554. The molecule has 156 valence electrons. The highest BCUT2D eigenvalue weighted by Gasteiger charge is 2.46. The summed E-state index contributed by atoms with van der Waals surface area (Å²) >= 11 is 1.23. The van der Waals surface area contributed by atoms with Gasteiger partial charge in [0.2, 0.25) is 11.8 Å². The van der Waals surface area contributed by atoms with E-state index in [1.165, 1.54) is 11.8 Å². The number of benzene rings is 2. The van der Waals surface area contributed by atoms with E-state index < -0.39 is 22.8 Å². The predicted molar refractivity (Wildman–Crippen MR) is 111 cm³/mol. The number of nitrogens with zero attached hydrogens (tertiary/aromatic N) is 2. The Kier molecular flexibility index (Phi) is 5.72. The van der Waals surface area contributed by atoms with Gasteiger partial charge in [-0.1, -0.05) is 11.8 Å². The van der Waals surface area contributed by atoms with Crippen LogP contribution >= 0.6 is 11.8 Å².